The molecule has 0 radical (unpaired) electrons. The number of aromatic nitrogens is 2. The van der Waals surface area contributed by atoms with Crippen molar-refractivity contribution in [3.63, 3.8) is 0 Å². The Balaban J connectivity index is 2.43. The van der Waals surface area contributed by atoms with Crippen LogP contribution in [-0.2, 0) is 30.0 Å². The van der Waals surface area contributed by atoms with Crippen LogP contribution in [0, 0.1) is 23.0 Å². The molecule has 2 aromatic rings. The number of carbonyl (C=O) groups excluding carboxylic acids is 2. The van der Waals surface area contributed by atoms with Crippen LogP contribution in [0.5, 0.6) is 0 Å². The van der Waals surface area contributed by atoms with Gasteiger partial charge in [0.1, 0.15) is 17.1 Å². The zero-order valence-corrected chi connectivity index (χ0v) is 20.4. The normalized spacial score (nSPS) is 11.4. The highest BCUT2D eigenvalue weighted by Crippen LogP contribution is 2.35. The van der Waals surface area contributed by atoms with E-state index in [0.29, 0.717) is 18.9 Å². The van der Waals surface area contributed by atoms with Crippen molar-refractivity contribution in [2.24, 2.45) is 0 Å². The summed E-state index contributed by atoms with van der Waals surface area (Å²) < 4.78 is 50.5. The zero-order chi connectivity index (χ0) is 24.8. The second kappa shape index (κ2) is 11.8. The summed E-state index contributed by atoms with van der Waals surface area (Å²) in [6.45, 7) is 0.723. The number of nitrogens with zero attached hydrogens (tertiary/aromatic N) is 4. The number of hydrogen-bond donors (Lipinski definition) is 2. The number of anilines is 1. The lowest BCUT2D eigenvalue weighted by Crippen LogP contribution is -2.37. The number of ether oxygens (including phenoxy) is 1. The number of rotatable bonds is 11. The molecule has 1 aromatic heterocycles. The molecule has 1 amide bonds. The van der Waals surface area contributed by atoms with Gasteiger partial charge in [-0.3, -0.25) is 14.1 Å². The number of nitriles is 1. The van der Waals surface area contributed by atoms with Gasteiger partial charge in [0.25, 0.3) is 0 Å². The molecule has 0 bridgehead atoms. The third kappa shape index (κ3) is 6.90. The Morgan fingerprint density at radius 3 is 2.67 bits per heavy atom. The Morgan fingerprint density at radius 2 is 2.09 bits per heavy atom. The summed E-state index contributed by atoms with van der Waals surface area (Å²) in [6.07, 6.45) is 0.677. The maximum absolute atomic E-state index is 14.9. The quantitative estimate of drug-likeness (QED) is 0.130. The van der Waals surface area contributed by atoms with Gasteiger partial charge < -0.3 is 19.1 Å². The van der Waals surface area contributed by atoms with Crippen LogP contribution < -0.4 is 4.90 Å². The largest absolute Gasteiger partial charge is 0.469 e. The second-order valence-electron chi connectivity index (χ2n) is 6.62. The lowest BCUT2D eigenvalue weighted by atomic mass is 10.2. The predicted octanol–water partition coefficient (Wildman–Crippen LogP) is 2.75. The first-order valence-electron chi connectivity index (χ1n) is 9.54. The molecular formula is C18H20F2IN4O7P. The molecule has 2 rings (SSSR count). The highest BCUT2D eigenvalue weighted by atomic mass is 127. The molecule has 0 aliphatic carbocycles. The van der Waals surface area contributed by atoms with E-state index in [1.165, 1.54) is 4.57 Å². The van der Waals surface area contributed by atoms with Gasteiger partial charge in [-0.15, -0.1) is 0 Å². The topological polar surface area (TPSA) is 155 Å². The Bertz CT molecular complexity index is 1130. The third-order valence-electron chi connectivity index (χ3n) is 4.32. The van der Waals surface area contributed by atoms with Gasteiger partial charge in [0, 0.05) is 6.54 Å². The summed E-state index contributed by atoms with van der Waals surface area (Å²) in [4.78, 5) is 46.8. The van der Waals surface area contributed by atoms with E-state index in [4.69, 9.17) is 19.8 Å². The van der Waals surface area contributed by atoms with E-state index < -0.39 is 56.7 Å². The van der Waals surface area contributed by atoms with E-state index in [1.54, 1.807) is 28.7 Å². The Kier molecular flexibility index (Phi) is 9.68. The van der Waals surface area contributed by atoms with Gasteiger partial charge >= 0.3 is 13.8 Å². The molecule has 0 saturated heterocycles. The van der Waals surface area contributed by atoms with E-state index in [2.05, 4.69) is 9.51 Å². The van der Waals surface area contributed by atoms with Gasteiger partial charge in [-0.1, -0.05) is 35.9 Å². The molecule has 0 unspecified atom stereocenters. The predicted molar refractivity (Wildman–Crippen MR) is 119 cm³/mol. The number of fused-ring (bicyclic) bond motifs is 1. The number of phosphoric acid groups is 1. The SMILES string of the molecule is CCCCn1c(N(COC(=O)CCOP(=O)(O)O)C(=O)CI)nc2c(F)cc(C#N)c(F)c21. The molecule has 1 heterocycles. The minimum absolute atomic E-state index is 0.0813. The van der Waals surface area contributed by atoms with Gasteiger partial charge in [-0.05, 0) is 12.5 Å². The first kappa shape index (κ1) is 27.1. The van der Waals surface area contributed by atoms with E-state index >= 15 is 0 Å². The van der Waals surface area contributed by atoms with E-state index in [-0.39, 0.29) is 28.0 Å². The Labute approximate surface area is 200 Å². The zero-order valence-electron chi connectivity index (χ0n) is 17.3. The Hall–Kier alpha value is -2.18. The number of alkyl halides is 1. The molecule has 15 heteroatoms. The fourth-order valence-electron chi connectivity index (χ4n) is 2.80. The van der Waals surface area contributed by atoms with Crippen LogP contribution in [0.1, 0.15) is 31.7 Å². The number of unbranched alkanes of at least 4 members (excludes halogenated alkanes) is 1. The van der Waals surface area contributed by atoms with E-state index in [1.807, 2.05) is 6.92 Å². The molecule has 0 spiro atoms. The molecule has 0 aliphatic heterocycles. The number of hydrogen-bond acceptors (Lipinski definition) is 7. The standard InChI is InChI=1S/C18H20F2IN4O7P/c1-2-3-5-24-17-15(20)11(9-22)7-12(19)16(17)23-18(24)25(13(26)8-21)10-31-14(27)4-6-32-33(28,29)30/h7H,2-6,8,10H2,1H3,(H2,28,29,30). The summed E-state index contributed by atoms with van der Waals surface area (Å²) in [5.74, 6) is -3.63. The van der Waals surface area contributed by atoms with Crippen LogP contribution in [0.2, 0.25) is 0 Å². The fourth-order valence-corrected chi connectivity index (χ4v) is 3.54. The van der Waals surface area contributed by atoms with E-state index in [0.717, 1.165) is 4.90 Å². The molecule has 0 fully saturated rings. The molecule has 0 aliphatic rings. The summed E-state index contributed by atoms with van der Waals surface area (Å²) in [5, 5.41) is 9.11. The van der Waals surface area contributed by atoms with Crippen LogP contribution in [0.15, 0.2) is 6.07 Å². The van der Waals surface area contributed by atoms with Gasteiger partial charge in [0.05, 0.1) is 23.0 Å². The second-order valence-corrected chi connectivity index (χ2v) is 8.62. The van der Waals surface area contributed by atoms with Crippen molar-refractivity contribution in [3.8, 4) is 6.07 Å². The van der Waals surface area contributed by atoms with Crippen LogP contribution in [0.25, 0.3) is 11.0 Å². The molecule has 11 nitrogen and oxygen atoms in total. The van der Waals surface area contributed by atoms with Crippen molar-refractivity contribution in [2.75, 3.05) is 22.7 Å². The first-order valence-corrected chi connectivity index (χ1v) is 12.6. The van der Waals surface area contributed by atoms with E-state index in [9.17, 15) is 22.9 Å². The highest BCUT2D eigenvalue weighted by Gasteiger charge is 2.27. The van der Waals surface area contributed by atoms with Crippen molar-refractivity contribution in [3.05, 3.63) is 23.3 Å². The number of esters is 1. The third-order valence-corrected chi connectivity index (χ3v) is 5.49. The molecule has 0 saturated carbocycles. The van der Waals surface area contributed by atoms with Gasteiger partial charge in [-0.2, -0.15) is 5.26 Å². The Morgan fingerprint density at radius 1 is 1.39 bits per heavy atom. The number of carbonyl (C=O) groups is 2. The summed E-state index contributed by atoms with van der Waals surface area (Å²) >= 11 is 1.76. The number of imidazole rings is 1. The lowest BCUT2D eigenvalue weighted by molar-refractivity contribution is -0.144. The molecule has 2 N–H and O–H groups in total. The summed E-state index contributed by atoms with van der Waals surface area (Å²) in [7, 11) is -4.76. The van der Waals surface area contributed by atoms with Gasteiger partial charge in [0.15, 0.2) is 18.4 Å². The van der Waals surface area contributed by atoms with Crippen molar-refractivity contribution in [2.45, 2.75) is 32.7 Å². The van der Waals surface area contributed by atoms with Gasteiger partial charge in [0.2, 0.25) is 11.9 Å². The van der Waals surface area contributed by atoms with Crippen molar-refractivity contribution in [1.82, 2.24) is 9.55 Å². The molecule has 1 aromatic carbocycles. The average Bonchev–Trinajstić information content (AvgIpc) is 3.13. The van der Waals surface area contributed by atoms with Crippen LogP contribution >= 0.6 is 30.4 Å². The highest BCUT2D eigenvalue weighted by molar-refractivity contribution is 14.1. The number of aryl methyl sites for hydroxylation is 1. The average molecular weight is 600 g/mol. The van der Waals surface area contributed by atoms with Crippen LogP contribution in [-0.4, -0.2) is 49.0 Å². The minimum Gasteiger partial charge on any atom is -0.444 e. The van der Waals surface area contributed by atoms with Crippen LogP contribution in [0.4, 0.5) is 14.7 Å². The van der Waals surface area contributed by atoms with Crippen molar-refractivity contribution in [1.29, 1.82) is 5.26 Å². The number of halogens is 3. The summed E-state index contributed by atoms with van der Waals surface area (Å²) in [6, 6.07) is 2.29. The number of benzene rings is 1. The smallest absolute Gasteiger partial charge is 0.444 e. The van der Waals surface area contributed by atoms with Gasteiger partial charge in [-0.25, -0.2) is 23.2 Å². The maximum atomic E-state index is 14.9. The minimum atomic E-state index is -4.76. The van der Waals surface area contributed by atoms with Crippen molar-refractivity contribution >= 4 is 59.3 Å². The summed E-state index contributed by atoms with van der Waals surface area (Å²) in [5.41, 5.74) is -1.19. The molecular weight excluding hydrogens is 580 g/mol. The lowest BCUT2D eigenvalue weighted by Gasteiger charge is -2.22. The number of amides is 1. The molecule has 33 heavy (non-hydrogen) atoms. The molecule has 180 valence electrons. The van der Waals surface area contributed by atoms with Crippen LogP contribution in [0.3, 0.4) is 0 Å². The fraction of sp³-hybridized carbons (Fsp3) is 0.444. The number of phosphoric ester groups is 1. The molecule has 0 atom stereocenters. The first-order chi connectivity index (χ1) is 15.5. The maximum Gasteiger partial charge on any atom is 0.469 e. The monoisotopic (exact) mass is 600 g/mol. The van der Waals surface area contributed by atoms with Crippen molar-refractivity contribution < 1.29 is 42.0 Å².